The maximum absolute atomic E-state index is 12.4. The van der Waals surface area contributed by atoms with Gasteiger partial charge in [-0.1, -0.05) is 0 Å². The molecule has 1 rings (SSSR count). The lowest BCUT2D eigenvalue weighted by atomic mass is 10.2. The number of carbonyl (C=O) groups is 1. The van der Waals surface area contributed by atoms with Crippen LogP contribution in [0.25, 0.3) is 0 Å². The zero-order chi connectivity index (χ0) is 13.9. The van der Waals surface area contributed by atoms with E-state index < -0.39 is 6.10 Å². The highest BCUT2D eigenvalue weighted by Gasteiger charge is 2.22. The molecule has 0 spiro atoms. The molecule has 18 heavy (non-hydrogen) atoms. The molecule has 98 valence electrons. The van der Waals surface area contributed by atoms with Crippen molar-refractivity contribution in [1.29, 1.82) is 5.26 Å². The summed E-state index contributed by atoms with van der Waals surface area (Å²) in [5, 5.41) is 18.3. The number of aliphatic hydroxyl groups is 1. The molecule has 0 aliphatic heterocycles. The van der Waals surface area contributed by atoms with Crippen molar-refractivity contribution < 1.29 is 9.90 Å². The first-order chi connectivity index (χ1) is 8.36. The molecule has 5 heteroatoms. The summed E-state index contributed by atoms with van der Waals surface area (Å²) >= 11 is 0. The van der Waals surface area contributed by atoms with Crippen molar-refractivity contribution in [2.45, 2.75) is 32.9 Å². The first-order valence-corrected chi connectivity index (χ1v) is 5.92. The second-order valence-electron chi connectivity index (χ2n) is 4.74. The molecular weight excluding hydrogens is 230 g/mol. The zero-order valence-electron chi connectivity index (χ0n) is 11.2. The van der Waals surface area contributed by atoms with Crippen molar-refractivity contribution in [2.24, 2.45) is 7.05 Å². The quantitative estimate of drug-likeness (QED) is 0.869. The van der Waals surface area contributed by atoms with Crippen LogP contribution in [0.1, 0.15) is 36.8 Å². The first-order valence-electron chi connectivity index (χ1n) is 5.92. The summed E-state index contributed by atoms with van der Waals surface area (Å²) in [6.45, 7) is 5.72. The van der Waals surface area contributed by atoms with E-state index in [0.717, 1.165) is 0 Å². The van der Waals surface area contributed by atoms with E-state index >= 15 is 0 Å². The maximum Gasteiger partial charge on any atom is 0.270 e. The molecule has 0 aromatic carbocycles. The molecule has 0 aliphatic rings. The highest BCUT2D eigenvalue weighted by Crippen LogP contribution is 2.12. The van der Waals surface area contributed by atoms with Crippen LogP contribution < -0.4 is 0 Å². The van der Waals surface area contributed by atoms with Crippen LogP contribution in [0.15, 0.2) is 12.3 Å². The predicted molar refractivity (Wildman–Crippen MR) is 68.0 cm³/mol. The van der Waals surface area contributed by atoms with Crippen molar-refractivity contribution >= 4 is 5.91 Å². The van der Waals surface area contributed by atoms with Crippen molar-refractivity contribution in [3.63, 3.8) is 0 Å². The molecule has 0 radical (unpaired) electrons. The van der Waals surface area contributed by atoms with Crippen molar-refractivity contribution in [3.05, 3.63) is 23.5 Å². The fourth-order valence-corrected chi connectivity index (χ4v) is 1.80. The monoisotopic (exact) mass is 249 g/mol. The number of nitrogens with zero attached hydrogens (tertiary/aromatic N) is 3. The van der Waals surface area contributed by atoms with Gasteiger partial charge in [0.15, 0.2) is 0 Å². The van der Waals surface area contributed by atoms with E-state index in [1.165, 1.54) is 0 Å². The Morgan fingerprint density at radius 2 is 2.17 bits per heavy atom. The Hall–Kier alpha value is -1.80. The maximum atomic E-state index is 12.4. The number of rotatable bonds is 4. The lowest BCUT2D eigenvalue weighted by Gasteiger charge is -2.28. The third kappa shape index (κ3) is 3.11. The van der Waals surface area contributed by atoms with Gasteiger partial charge in [0.1, 0.15) is 11.8 Å². The summed E-state index contributed by atoms with van der Waals surface area (Å²) < 4.78 is 1.64. The number of hydrogen-bond acceptors (Lipinski definition) is 3. The SMILES string of the molecule is CC(O)CN(C(=O)c1cc(C#N)cn1C)C(C)C. The van der Waals surface area contributed by atoms with E-state index in [1.54, 1.807) is 35.7 Å². The molecule has 1 N–H and O–H groups in total. The molecule has 0 fully saturated rings. The third-order valence-corrected chi connectivity index (χ3v) is 2.70. The average molecular weight is 249 g/mol. The van der Waals surface area contributed by atoms with E-state index in [9.17, 15) is 9.90 Å². The highest BCUT2D eigenvalue weighted by atomic mass is 16.3. The van der Waals surface area contributed by atoms with E-state index in [1.807, 2.05) is 19.9 Å². The van der Waals surface area contributed by atoms with E-state index in [4.69, 9.17) is 5.26 Å². The smallest absolute Gasteiger partial charge is 0.270 e. The standard InChI is InChI=1S/C13H19N3O2/c1-9(2)16(7-10(3)17)13(18)12-5-11(6-14)8-15(12)4/h5,8-10,17H,7H2,1-4H3. The number of hydrogen-bond donors (Lipinski definition) is 1. The van der Waals surface area contributed by atoms with Crippen LogP contribution in [0.5, 0.6) is 0 Å². The molecule has 0 aliphatic carbocycles. The molecule has 1 unspecified atom stereocenters. The minimum Gasteiger partial charge on any atom is -0.392 e. The zero-order valence-corrected chi connectivity index (χ0v) is 11.2. The summed E-state index contributed by atoms with van der Waals surface area (Å²) in [7, 11) is 1.73. The molecule has 0 saturated heterocycles. The lowest BCUT2D eigenvalue weighted by molar-refractivity contribution is 0.0569. The Morgan fingerprint density at radius 1 is 1.56 bits per heavy atom. The van der Waals surface area contributed by atoms with Gasteiger partial charge in [-0.15, -0.1) is 0 Å². The molecule has 1 heterocycles. The molecule has 1 aromatic heterocycles. The van der Waals surface area contributed by atoms with E-state index in [0.29, 0.717) is 11.3 Å². The van der Waals surface area contributed by atoms with Crippen molar-refractivity contribution in [2.75, 3.05) is 6.54 Å². The normalized spacial score (nSPS) is 12.3. The van der Waals surface area contributed by atoms with Crippen LogP contribution in [0, 0.1) is 11.3 Å². The minimum atomic E-state index is -0.577. The molecule has 1 amide bonds. The van der Waals surface area contributed by atoms with Gasteiger partial charge >= 0.3 is 0 Å². The molecule has 5 nitrogen and oxygen atoms in total. The minimum absolute atomic E-state index is 0.00691. The second kappa shape index (κ2) is 5.69. The Kier molecular flexibility index (Phi) is 4.51. The average Bonchev–Trinajstić information content (AvgIpc) is 2.66. The van der Waals surface area contributed by atoms with Gasteiger partial charge in [-0.05, 0) is 26.8 Å². The Morgan fingerprint density at radius 3 is 2.56 bits per heavy atom. The summed E-state index contributed by atoms with van der Waals surface area (Å²) in [6, 6.07) is 3.57. The van der Waals surface area contributed by atoms with Gasteiger partial charge in [-0.2, -0.15) is 5.26 Å². The largest absolute Gasteiger partial charge is 0.392 e. The van der Waals surface area contributed by atoms with E-state index in [2.05, 4.69) is 0 Å². The fourth-order valence-electron chi connectivity index (χ4n) is 1.80. The van der Waals surface area contributed by atoms with Gasteiger partial charge in [0.2, 0.25) is 0 Å². The Bertz CT molecular complexity index is 469. The van der Waals surface area contributed by atoms with Crippen LogP contribution in [-0.4, -0.2) is 39.2 Å². The van der Waals surface area contributed by atoms with Crippen LogP contribution in [0.4, 0.5) is 0 Å². The van der Waals surface area contributed by atoms with Gasteiger partial charge in [0.25, 0.3) is 5.91 Å². The molecule has 1 atom stereocenters. The predicted octanol–water partition coefficient (Wildman–Crippen LogP) is 1.13. The fraction of sp³-hybridized carbons (Fsp3) is 0.538. The number of carbonyl (C=O) groups excluding carboxylic acids is 1. The Labute approximate surface area is 107 Å². The van der Waals surface area contributed by atoms with Crippen molar-refractivity contribution in [3.8, 4) is 6.07 Å². The summed E-state index contributed by atoms with van der Waals surface area (Å²) in [4.78, 5) is 14.0. The Balaban J connectivity index is 3.02. The summed E-state index contributed by atoms with van der Waals surface area (Å²) in [5.41, 5.74) is 0.919. The molecule has 0 bridgehead atoms. The van der Waals surface area contributed by atoms with Gasteiger partial charge in [0, 0.05) is 25.8 Å². The van der Waals surface area contributed by atoms with Crippen LogP contribution >= 0.6 is 0 Å². The number of aryl methyl sites for hydroxylation is 1. The number of nitriles is 1. The third-order valence-electron chi connectivity index (χ3n) is 2.70. The summed E-state index contributed by atoms with van der Waals surface area (Å²) in [6.07, 6.45) is 1.04. The van der Waals surface area contributed by atoms with Crippen molar-refractivity contribution in [1.82, 2.24) is 9.47 Å². The molecule has 0 saturated carbocycles. The number of aromatic nitrogens is 1. The topological polar surface area (TPSA) is 69.3 Å². The number of aliphatic hydroxyl groups excluding tert-OH is 1. The second-order valence-corrected chi connectivity index (χ2v) is 4.74. The molecule has 1 aromatic rings. The summed E-state index contributed by atoms with van der Waals surface area (Å²) in [5.74, 6) is -0.171. The van der Waals surface area contributed by atoms with Crippen LogP contribution in [0.3, 0.4) is 0 Å². The molecular formula is C13H19N3O2. The lowest BCUT2D eigenvalue weighted by Crippen LogP contribution is -2.42. The van der Waals surface area contributed by atoms with Gasteiger partial charge in [-0.3, -0.25) is 4.79 Å². The van der Waals surface area contributed by atoms with Gasteiger partial charge < -0.3 is 14.6 Å². The van der Waals surface area contributed by atoms with Gasteiger partial charge in [0.05, 0.1) is 11.7 Å². The van der Waals surface area contributed by atoms with Crippen LogP contribution in [-0.2, 0) is 7.05 Å². The van der Waals surface area contributed by atoms with Gasteiger partial charge in [-0.25, -0.2) is 0 Å². The highest BCUT2D eigenvalue weighted by molar-refractivity contribution is 5.93. The first kappa shape index (κ1) is 14.3. The van der Waals surface area contributed by atoms with Crippen LogP contribution in [0.2, 0.25) is 0 Å². The van der Waals surface area contributed by atoms with E-state index in [-0.39, 0.29) is 18.5 Å². The number of amides is 1.